The van der Waals surface area contributed by atoms with Crippen LogP contribution in [0.25, 0.3) is 0 Å². The van der Waals surface area contributed by atoms with Gasteiger partial charge in [0.1, 0.15) is 6.04 Å². The van der Waals surface area contributed by atoms with Crippen molar-refractivity contribution in [3.8, 4) is 0 Å². The van der Waals surface area contributed by atoms with Crippen LogP contribution in [0, 0.1) is 5.92 Å². The maximum Gasteiger partial charge on any atom is 0.320 e. The fourth-order valence-electron chi connectivity index (χ4n) is 2.75. The molecule has 1 aromatic rings. The molecule has 4 N–H and O–H groups in total. The van der Waals surface area contributed by atoms with Crippen molar-refractivity contribution in [3.63, 3.8) is 0 Å². The van der Waals surface area contributed by atoms with E-state index in [1.165, 1.54) is 32.1 Å². The molecule has 2 rings (SSSR count). The zero-order valence-corrected chi connectivity index (χ0v) is 11.8. The minimum absolute atomic E-state index is 0.373. The number of carbonyl (C=O) groups is 1. The topological polar surface area (TPSA) is 75.3 Å². The molecule has 0 bridgehead atoms. The maximum absolute atomic E-state index is 10.7. The van der Waals surface area contributed by atoms with Crippen molar-refractivity contribution in [3.05, 3.63) is 29.8 Å². The highest BCUT2D eigenvalue weighted by Gasteiger charge is 2.13. The molecule has 20 heavy (non-hydrogen) atoms. The van der Waals surface area contributed by atoms with Gasteiger partial charge < -0.3 is 16.2 Å². The highest BCUT2D eigenvalue weighted by Crippen LogP contribution is 2.24. The summed E-state index contributed by atoms with van der Waals surface area (Å²) >= 11 is 0. The van der Waals surface area contributed by atoms with Crippen LogP contribution in [0.2, 0.25) is 0 Å². The molecule has 1 aliphatic carbocycles. The smallest absolute Gasteiger partial charge is 0.320 e. The maximum atomic E-state index is 10.7. The lowest BCUT2D eigenvalue weighted by Crippen LogP contribution is -2.32. The van der Waals surface area contributed by atoms with Crippen molar-refractivity contribution in [2.75, 3.05) is 11.9 Å². The first-order valence-electron chi connectivity index (χ1n) is 7.46. The Morgan fingerprint density at radius 2 is 1.90 bits per heavy atom. The number of nitrogens with two attached hydrogens (primary N) is 1. The molecular weight excluding hydrogens is 252 g/mol. The summed E-state index contributed by atoms with van der Waals surface area (Å²) in [5.74, 6) is -0.159. The number of benzene rings is 1. The number of carboxylic acid groups (broad SMARTS) is 1. The van der Waals surface area contributed by atoms with Gasteiger partial charge in [-0.05, 0) is 42.9 Å². The molecule has 0 heterocycles. The molecule has 0 radical (unpaired) electrons. The van der Waals surface area contributed by atoms with Gasteiger partial charge in [-0.15, -0.1) is 0 Å². The minimum atomic E-state index is -0.954. The van der Waals surface area contributed by atoms with E-state index >= 15 is 0 Å². The zero-order valence-electron chi connectivity index (χ0n) is 11.8. The number of aliphatic carboxylic acids is 1. The fraction of sp³-hybridized carbons (Fsp3) is 0.562. The molecule has 0 unspecified atom stereocenters. The second-order valence-electron chi connectivity index (χ2n) is 5.73. The summed E-state index contributed by atoms with van der Waals surface area (Å²) in [7, 11) is 0. The third-order valence-corrected chi connectivity index (χ3v) is 4.05. The second-order valence-corrected chi connectivity index (χ2v) is 5.73. The van der Waals surface area contributed by atoms with Gasteiger partial charge in [0, 0.05) is 12.2 Å². The van der Waals surface area contributed by atoms with Crippen LogP contribution < -0.4 is 11.1 Å². The molecule has 0 amide bonds. The van der Waals surface area contributed by atoms with Crippen molar-refractivity contribution in [1.29, 1.82) is 0 Å². The van der Waals surface area contributed by atoms with Crippen LogP contribution in [0.15, 0.2) is 24.3 Å². The van der Waals surface area contributed by atoms with E-state index in [0.717, 1.165) is 23.7 Å². The fourth-order valence-corrected chi connectivity index (χ4v) is 2.75. The van der Waals surface area contributed by atoms with Gasteiger partial charge in [-0.25, -0.2) is 0 Å². The molecule has 1 saturated carbocycles. The van der Waals surface area contributed by atoms with Crippen molar-refractivity contribution >= 4 is 11.7 Å². The van der Waals surface area contributed by atoms with Crippen LogP contribution in [0.4, 0.5) is 5.69 Å². The Kier molecular flexibility index (Phi) is 5.41. The van der Waals surface area contributed by atoms with Gasteiger partial charge in [0.15, 0.2) is 0 Å². The average molecular weight is 276 g/mol. The van der Waals surface area contributed by atoms with E-state index in [1.54, 1.807) is 0 Å². The molecule has 1 aliphatic rings. The molecule has 1 fully saturated rings. The monoisotopic (exact) mass is 276 g/mol. The highest BCUT2D eigenvalue weighted by atomic mass is 16.4. The summed E-state index contributed by atoms with van der Waals surface area (Å²) in [6.07, 6.45) is 7.14. The van der Waals surface area contributed by atoms with Crippen molar-refractivity contribution in [2.24, 2.45) is 11.7 Å². The first kappa shape index (κ1) is 14.9. The van der Waals surface area contributed by atoms with Gasteiger partial charge in [0.25, 0.3) is 0 Å². The Morgan fingerprint density at radius 1 is 1.25 bits per heavy atom. The van der Waals surface area contributed by atoms with Gasteiger partial charge in [0.05, 0.1) is 0 Å². The van der Waals surface area contributed by atoms with Gasteiger partial charge in [-0.1, -0.05) is 31.4 Å². The number of anilines is 1. The van der Waals surface area contributed by atoms with Crippen LogP contribution in [-0.4, -0.2) is 23.7 Å². The van der Waals surface area contributed by atoms with Crippen molar-refractivity contribution in [1.82, 2.24) is 0 Å². The van der Waals surface area contributed by atoms with E-state index in [0.29, 0.717) is 6.42 Å². The van der Waals surface area contributed by atoms with Gasteiger partial charge in [-0.3, -0.25) is 4.79 Å². The summed E-state index contributed by atoms with van der Waals surface area (Å²) < 4.78 is 0. The average Bonchev–Trinajstić information content (AvgIpc) is 2.47. The lowest BCUT2D eigenvalue weighted by molar-refractivity contribution is -0.138. The molecule has 4 nitrogen and oxygen atoms in total. The van der Waals surface area contributed by atoms with Crippen LogP contribution in [0.5, 0.6) is 0 Å². The number of hydrogen-bond acceptors (Lipinski definition) is 3. The van der Waals surface area contributed by atoms with Crippen LogP contribution in [0.1, 0.15) is 37.7 Å². The largest absolute Gasteiger partial charge is 0.480 e. The van der Waals surface area contributed by atoms with E-state index in [4.69, 9.17) is 10.8 Å². The summed E-state index contributed by atoms with van der Waals surface area (Å²) in [5.41, 5.74) is 7.59. The van der Waals surface area contributed by atoms with Gasteiger partial charge in [0.2, 0.25) is 0 Å². The Hall–Kier alpha value is -1.55. The molecule has 0 aliphatic heterocycles. The van der Waals surface area contributed by atoms with E-state index in [-0.39, 0.29) is 0 Å². The Balaban J connectivity index is 1.80. The Morgan fingerprint density at radius 3 is 2.50 bits per heavy atom. The van der Waals surface area contributed by atoms with Gasteiger partial charge in [-0.2, -0.15) is 0 Å². The summed E-state index contributed by atoms with van der Waals surface area (Å²) in [6, 6.07) is 7.09. The number of nitrogens with one attached hydrogen (secondary N) is 1. The molecule has 4 heteroatoms. The Bertz CT molecular complexity index is 425. The van der Waals surface area contributed by atoms with Crippen LogP contribution in [0.3, 0.4) is 0 Å². The highest BCUT2D eigenvalue weighted by molar-refractivity contribution is 5.73. The third-order valence-electron chi connectivity index (χ3n) is 4.05. The van der Waals surface area contributed by atoms with E-state index in [2.05, 4.69) is 5.32 Å². The molecule has 1 aromatic carbocycles. The summed E-state index contributed by atoms with van der Waals surface area (Å²) in [5, 5.41) is 12.3. The van der Waals surface area contributed by atoms with Crippen LogP contribution >= 0.6 is 0 Å². The standard InChI is InChI=1S/C16H24N2O2/c17-15(16(19)20)10-12-6-8-14(9-7-12)18-11-13-4-2-1-3-5-13/h6-9,13,15,18H,1-5,10-11,17H2,(H,19,20)/t15-/m0/s1. The summed E-state index contributed by atoms with van der Waals surface area (Å²) in [6.45, 7) is 1.04. The molecule has 0 aromatic heterocycles. The predicted molar refractivity (Wildman–Crippen MR) is 80.8 cm³/mol. The van der Waals surface area contributed by atoms with E-state index < -0.39 is 12.0 Å². The van der Waals surface area contributed by atoms with Crippen molar-refractivity contribution < 1.29 is 9.90 Å². The van der Waals surface area contributed by atoms with Crippen LogP contribution in [-0.2, 0) is 11.2 Å². The lowest BCUT2D eigenvalue weighted by atomic mass is 9.89. The summed E-state index contributed by atoms with van der Waals surface area (Å²) in [4.78, 5) is 10.7. The first-order chi connectivity index (χ1) is 9.65. The zero-order chi connectivity index (χ0) is 14.4. The molecule has 0 spiro atoms. The normalized spacial score (nSPS) is 17.6. The quantitative estimate of drug-likeness (QED) is 0.746. The van der Waals surface area contributed by atoms with Gasteiger partial charge >= 0.3 is 5.97 Å². The molecular formula is C16H24N2O2. The van der Waals surface area contributed by atoms with E-state index in [1.807, 2.05) is 24.3 Å². The minimum Gasteiger partial charge on any atom is -0.480 e. The number of rotatable bonds is 6. The molecule has 110 valence electrons. The first-order valence-corrected chi connectivity index (χ1v) is 7.46. The SMILES string of the molecule is N[C@@H](Cc1ccc(NCC2CCCCC2)cc1)C(=O)O. The molecule has 0 saturated heterocycles. The third kappa shape index (κ3) is 4.53. The number of hydrogen-bond donors (Lipinski definition) is 3. The molecule has 1 atom stereocenters. The lowest BCUT2D eigenvalue weighted by Gasteiger charge is -2.22. The Labute approximate surface area is 120 Å². The second kappa shape index (κ2) is 7.29. The van der Waals surface area contributed by atoms with E-state index in [9.17, 15) is 4.79 Å². The van der Waals surface area contributed by atoms with Crippen molar-refractivity contribution in [2.45, 2.75) is 44.6 Å². The number of carboxylic acids is 1. The predicted octanol–water partition coefficient (Wildman–Crippen LogP) is 2.63.